The zero-order chi connectivity index (χ0) is 20.2. The molecule has 0 aliphatic carbocycles. The van der Waals surface area contributed by atoms with Gasteiger partial charge in [0, 0.05) is 23.7 Å². The summed E-state index contributed by atoms with van der Waals surface area (Å²) in [6, 6.07) is 10.4. The number of benzene rings is 2. The number of sulfonamides is 1. The molecule has 0 heterocycles. The minimum atomic E-state index is -3.57. The lowest BCUT2D eigenvalue weighted by Crippen LogP contribution is -2.31. The Labute approximate surface area is 170 Å². The molecule has 8 heteroatoms. The minimum absolute atomic E-state index is 0.124. The van der Waals surface area contributed by atoms with E-state index in [-0.39, 0.29) is 23.9 Å². The Morgan fingerprint density at radius 3 is 2.33 bits per heavy atom. The summed E-state index contributed by atoms with van der Waals surface area (Å²) in [5.41, 5.74) is 3.06. The van der Waals surface area contributed by atoms with Crippen LogP contribution in [0.25, 0.3) is 0 Å². The molecule has 0 fully saturated rings. The van der Waals surface area contributed by atoms with Crippen LogP contribution < -0.4 is 9.62 Å². The van der Waals surface area contributed by atoms with Gasteiger partial charge in [0.2, 0.25) is 15.9 Å². The summed E-state index contributed by atoms with van der Waals surface area (Å²) in [6.45, 7) is 3.98. The second kappa shape index (κ2) is 8.95. The number of para-hydroxylation sites is 1. The van der Waals surface area contributed by atoms with Crippen LogP contribution in [0.1, 0.15) is 24.0 Å². The fourth-order valence-corrected chi connectivity index (χ4v) is 4.14. The lowest BCUT2D eigenvalue weighted by Gasteiger charge is -2.23. The van der Waals surface area contributed by atoms with Crippen molar-refractivity contribution in [2.75, 3.05) is 22.4 Å². The standard InChI is InChI=1S/C19H22Cl2N2O3S/c1-13-6-4-7-14(2)19(13)22-18(24)8-5-11-23(27(3,25)26)17-12-15(20)9-10-16(17)21/h4,6-7,9-10,12H,5,8,11H2,1-3H3,(H,22,24). The highest BCUT2D eigenvalue weighted by atomic mass is 35.5. The Morgan fingerprint density at radius 2 is 1.74 bits per heavy atom. The van der Waals surface area contributed by atoms with Crippen LogP contribution in [0.3, 0.4) is 0 Å². The first-order chi connectivity index (χ1) is 12.6. The van der Waals surface area contributed by atoms with Gasteiger partial charge in [-0.05, 0) is 49.6 Å². The predicted octanol–water partition coefficient (Wildman–Crippen LogP) is 4.80. The number of halogens is 2. The van der Waals surface area contributed by atoms with Gasteiger partial charge in [-0.3, -0.25) is 9.10 Å². The zero-order valence-corrected chi connectivity index (χ0v) is 17.7. The summed E-state index contributed by atoms with van der Waals surface area (Å²) in [6.07, 6.45) is 1.62. The van der Waals surface area contributed by atoms with Crippen molar-refractivity contribution in [1.82, 2.24) is 0 Å². The summed E-state index contributed by atoms with van der Waals surface area (Å²) in [5.74, 6) is -0.168. The summed E-state index contributed by atoms with van der Waals surface area (Å²) in [7, 11) is -3.57. The second-order valence-corrected chi connectivity index (χ2v) is 9.10. The van der Waals surface area contributed by atoms with Crippen LogP contribution in [0.15, 0.2) is 36.4 Å². The minimum Gasteiger partial charge on any atom is -0.326 e. The van der Waals surface area contributed by atoms with Crippen molar-refractivity contribution in [3.63, 3.8) is 0 Å². The van der Waals surface area contributed by atoms with Crippen LogP contribution >= 0.6 is 23.2 Å². The number of nitrogens with one attached hydrogen (secondary N) is 1. The molecule has 0 aliphatic rings. The molecular weight excluding hydrogens is 407 g/mol. The van der Waals surface area contributed by atoms with E-state index in [0.717, 1.165) is 23.1 Å². The number of carbonyl (C=O) groups excluding carboxylic acids is 1. The highest BCUT2D eigenvalue weighted by Gasteiger charge is 2.20. The number of hydrogen-bond donors (Lipinski definition) is 1. The number of nitrogens with zero attached hydrogens (tertiary/aromatic N) is 1. The normalized spacial score (nSPS) is 11.3. The van der Waals surface area contributed by atoms with Gasteiger partial charge < -0.3 is 5.32 Å². The maximum Gasteiger partial charge on any atom is 0.232 e. The number of aryl methyl sites for hydroxylation is 2. The molecule has 0 aliphatic heterocycles. The molecule has 2 aromatic carbocycles. The number of hydrogen-bond acceptors (Lipinski definition) is 3. The summed E-state index contributed by atoms with van der Waals surface area (Å²) in [5, 5.41) is 3.56. The first kappa shape index (κ1) is 21.5. The topological polar surface area (TPSA) is 66.5 Å². The van der Waals surface area contributed by atoms with Crippen molar-refractivity contribution in [2.24, 2.45) is 0 Å². The fraction of sp³-hybridized carbons (Fsp3) is 0.316. The van der Waals surface area contributed by atoms with E-state index in [1.807, 2.05) is 32.0 Å². The quantitative estimate of drug-likeness (QED) is 0.688. The Balaban J connectivity index is 2.06. The molecule has 0 saturated heterocycles. The molecule has 0 aromatic heterocycles. The molecule has 0 saturated carbocycles. The van der Waals surface area contributed by atoms with Crippen molar-refractivity contribution < 1.29 is 13.2 Å². The molecule has 27 heavy (non-hydrogen) atoms. The molecular formula is C19H22Cl2N2O3S. The van der Waals surface area contributed by atoms with Gasteiger partial charge in [-0.1, -0.05) is 41.4 Å². The van der Waals surface area contributed by atoms with Crippen molar-refractivity contribution in [3.05, 3.63) is 57.6 Å². The lowest BCUT2D eigenvalue weighted by molar-refractivity contribution is -0.116. The molecule has 0 spiro atoms. The highest BCUT2D eigenvalue weighted by molar-refractivity contribution is 7.92. The smallest absolute Gasteiger partial charge is 0.232 e. The third-order valence-corrected chi connectivity index (χ3v) is 5.82. The molecule has 0 unspecified atom stereocenters. The van der Waals surface area contributed by atoms with E-state index in [0.29, 0.717) is 17.1 Å². The summed E-state index contributed by atoms with van der Waals surface area (Å²) in [4.78, 5) is 12.3. The van der Waals surface area contributed by atoms with E-state index in [9.17, 15) is 13.2 Å². The van der Waals surface area contributed by atoms with Gasteiger partial charge in [-0.25, -0.2) is 8.42 Å². The third-order valence-electron chi connectivity index (χ3n) is 4.09. The second-order valence-electron chi connectivity index (χ2n) is 6.35. The monoisotopic (exact) mass is 428 g/mol. The molecule has 2 aromatic rings. The van der Waals surface area contributed by atoms with E-state index in [4.69, 9.17) is 23.2 Å². The largest absolute Gasteiger partial charge is 0.326 e. The Kier molecular flexibility index (Phi) is 7.14. The average Bonchev–Trinajstić information content (AvgIpc) is 2.56. The Bertz CT molecular complexity index is 926. The zero-order valence-electron chi connectivity index (χ0n) is 15.4. The van der Waals surface area contributed by atoms with E-state index in [1.54, 1.807) is 12.1 Å². The van der Waals surface area contributed by atoms with Gasteiger partial charge in [0.25, 0.3) is 0 Å². The molecule has 2 rings (SSSR count). The van der Waals surface area contributed by atoms with Gasteiger partial charge >= 0.3 is 0 Å². The van der Waals surface area contributed by atoms with Crippen LogP contribution in [0.2, 0.25) is 10.0 Å². The van der Waals surface area contributed by atoms with E-state index in [2.05, 4.69) is 5.32 Å². The van der Waals surface area contributed by atoms with Crippen LogP contribution in [0, 0.1) is 13.8 Å². The number of anilines is 2. The average molecular weight is 429 g/mol. The van der Waals surface area contributed by atoms with Gasteiger partial charge in [-0.15, -0.1) is 0 Å². The fourth-order valence-electron chi connectivity index (χ4n) is 2.74. The van der Waals surface area contributed by atoms with Crippen LogP contribution in [-0.2, 0) is 14.8 Å². The van der Waals surface area contributed by atoms with Crippen molar-refractivity contribution >= 4 is 50.5 Å². The van der Waals surface area contributed by atoms with Gasteiger partial charge in [0.1, 0.15) is 0 Å². The third kappa shape index (κ3) is 5.86. The van der Waals surface area contributed by atoms with E-state index < -0.39 is 10.0 Å². The summed E-state index contributed by atoms with van der Waals surface area (Å²) < 4.78 is 25.5. The number of amides is 1. The van der Waals surface area contributed by atoms with Gasteiger partial charge in [0.15, 0.2) is 0 Å². The van der Waals surface area contributed by atoms with Crippen molar-refractivity contribution in [1.29, 1.82) is 0 Å². The molecule has 0 radical (unpaired) electrons. The highest BCUT2D eigenvalue weighted by Crippen LogP contribution is 2.31. The maximum absolute atomic E-state index is 12.3. The number of rotatable bonds is 7. The molecule has 1 amide bonds. The van der Waals surface area contributed by atoms with Crippen LogP contribution in [-0.4, -0.2) is 27.1 Å². The SMILES string of the molecule is Cc1cccc(C)c1NC(=O)CCCN(c1cc(Cl)ccc1Cl)S(C)(=O)=O. The molecule has 1 N–H and O–H groups in total. The van der Waals surface area contributed by atoms with E-state index >= 15 is 0 Å². The molecule has 0 atom stereocenters. The Hall–Kier alpha value is -1.76. The first-order valence-electron chi connectivity index (χ1n) is 8.38. The maximum atomic E-state index is 12.3. The van der Waals surface area contributed by atoms with Crippen molar-refractivity contribution in [2.45, 2.75) is 26.7 Å². The van der Waals surface area contributed by atoms with E-state index in [1.165, 1.54) is 10.4 Å². The first-order valence-corrected chi connectivity index (χ1v) is 11.0. The van der Waals surface area contributed by atoms with Crippen molar-refractivity contribution in [3.8, 4) is 0 Å². The molecule has 0 bridgehead atoms. The lowest BCUT2D eigenvalue weighted by atomic mass is 10.1. The van der Waals surface area contributed by atoms with Crippen LogP contribution in [0.4, 0.5) is 11.4 Å². The van der Waals surface area contributed by atoms with Gasteiger partial charge in [0.05, 0.1) is 17.0 Å². The number of carbonyl (C=O) groups is 1. The van der Waals surface area contributed by atoms with Crippen LogP contribution in [0.5, 0.6) is 0 Å². The molecule has 5 nitrogen and oxygen atoms in total. The van der Waals surface area contributed by atoms with Gasteiger partial charge in [-0.2, -0.15) is 0 Å². The predicted molar refractivity (Wildman–Crippen MR) is 112 cm³/mol. The molecule has 146 valence electrons. The summed E-state index contributed by atoms with van der Waals surface area (Å²) >= 11 is 12.1. The Morgan fingerprint density at radius 1 is 1.11 bits per heavy atom.